The highest BCUT2D eigenvalue weighted by Crippen LogP contribution is 2.10. The number of anilines is 1. The van der Waals surface area contributed by atoms with Gasteiger partial charge >= 0.3 is 0 Å². The van der Waals surface area contributed by atoms with Crippen LogP contribution in [-0.2, 0) is 11.3 Å². The zero-order valence-electron chi connectivity index (χ0n) is 13.8. The topological polar surface area (TPSA) is 53.2 Å². The second-order valence-electron chi connectivity index (χ2n) is 5.78. The Balaban J connectivity index is 0.00000208. The second-order valence-corrected chi connectivity index (χ2v) is 5.78. The van der Waals surface area contributed by atoms with Crippen molar-refractivity contribution in [1.82, 2.24) is 14.9 Å². The van der Waals surface area contributed by atoms with Crippen molar-refractivity contribution >= 4 is 11.9 Å². The third-order valence-corrected chi connectivity index (χ3v) is 4.11. The number of halogens is 1. The molecule has 0 spiro atoms. The van der Waals surface area contributed by atoms with E-state index in [1.165, 1.54) is 5.56 Å². The Morgan fingerprint density at radius 3 is 2.38 bits per heavy atom. The largest absolute Gasteiger partial charge is 1.00 e. The summed E-state index contributed by atoms with van der Waals surface area (Å²) >= 11 is 0. The summed E-state index contributed by atoms with van der Waals surface area (Å²) in [6, 6.07) is 5.93. The monoisotopic (exact) mass is 391 g/mol. The van der Waals surface area contributed by atoms with Gasteiger partial charge in [0, 0.05) is 50.7 Å². The van der Waals surface area contributed by atoms with E-state index < -0.39 is 0 Å². The van der Waals surface area contributed by atoms with E-state index in [0.29, 0.717) is 6.42 Å². The van der Waals surface area contributed by atoms with E-state index in [-0.39, 0.29) is 22.9 Å². The lowest BCUT2D eigenvalue weighted by Crippen LogP contribution is -3.00. The van der Waals surface area contributed by atoms with Gasteiger partial charge in [-0.05, 0) is 18.6 Å². The molecule has 3 rings (SSSR count). The summed E-state index contributed by atoms with van der Waals surface area (Å²) in [4.78, 5) is 24.9. The molecule has 6 nitrogen and oxygen atoms in total. The lowest BCUT2D eigenvalue weighted by Gasteiger charge is -2.34. The van der Waals surface area contributed by atoms with Crippen molar-refractivity contribution in [1.29, 1.82) is 0 Å². The van der Waals surface area contributed by atoms with Gasteiger partial charge in [0.15, 0.2) is 18.9 Å². The fourth-order valence-corrected chi connectivity index (χ4v) is 2.67. The fraction of sp³-hybridized carbons (Fsp3) is 0.412. The van der Waals surface area contributed by atoms with Gasteiger partial charge in [-0.15, -0.1) is 0 Å². The Bertz CT molecular complexity index is 642. The van der Waals surface area contributed by atoms with Crippen molar-refractivity contribution in [3.63, 3.8) is 0 Å². The van der Waals surface area contributed by atoms with Gasteiger partial charge in [-0.2, -0.15) is 0 Å². The van der Waals surface area contributed by atoms with Crippen molar-refractivity contribution in [2.45, 2.75) is 19.9 Å². The molecule has 0 aliphatic carbocycles. The van der Waals surface area contributed by atoms with Gasteiger partial charge < -0.3 is 26.8 Å². The minimum Gasteiger partial charge on any atom is -1.00 e. The lowest BCUT2D eigenvalue weighted by molar-refractivity contribution is -0.696. The molecule has 0 unspecified atom stereocenters. The summed E-state index contributed by atoms with van der Waals surface area (Å²) in [6.45, 7) is 5.82. The van der Waals surface area contributed by atoms with Crippen LogP contribution in [-0.4, -0.2) is 47.0 Å². The summed E-state index contributed by atoms with van der Waals surface area (Å²) in [5, 5.41) is 0. The highest BCUT2D eigenvalue weighted by Gasteiger charge is 2.22. The van der Waals surface area contributed by atoms with E-state index in [4.69, 9.17) is 0 Å². The summed E-state index contributed by atoms with van der Waals surface area (Å²) in [5.74, 6) is 0.960. The van der Waals surface area contributed by atoms with E-state index in [1.54, 1.807) is 12.4 Å². The van der Waals surface area contributed by atoms with Crippen LogP contribution in [0.3, 0.4) is 0 Å². The van der Waals surface area contributed by atoms with Crippen LogP contribution in [0.4, 0.5) is 5.95 Å². The Morgan fingerprint density at radius 2 is 1.75 bits per heavy atom. The third kappa shape index (κ3) is 4.74. The van der Waals surface area contributed by atoms with Crippen LogP contribution in [0, 0.1) is 6.92 Å². The van der Waals surface area contributed by atoms with Crippen LogP contribution in [0.15, 0.2) is 43.0 Å². The SMILES string of the molecule is Cc1cc[n+](CCC(=O)N2CCN(c3ncccn3)CC2)cc1.[Br-]. The Kier molecular flexibility index (Phi) is 6.66. The van der Waals surface area contributed by atoms with Crippen molar-refractivity contribution < 1.29 is 26.3 Å². The standard InChI is InChI=1S/C17H22N5O.BrH/c1-15-3-8-20(9-4-15)10-5-16(23)21-11-13-22(14-12-21)17-18-6-2-7-19-17;/h2-4,6-9H,5,10-14H2,1H3;1H/q+1;/p-1. The molecule has 0 aromatic carbocycles. The Labute approximate surface area is 152 Å². The molecule has 0 radical (unpaired) electrons. The molecule has 3 heterocycles. The number of rotatable bonds is 4. The summed E-state index contributed by atoms with van der Waals surface area (Å²) < 4.78 is 2.05. The molecule has 1 fully saturated rings. The predicted molar refractivity (Wildman–Crippen MR) is 86.8 cm³/mol. The number of amides is 1. The van der Waals surface area contributed by atoms with E-state index >= 15 is 0 Å². The Morgan fingerprint density at radius 1 is 1.12 bits per heavy atom. The summed E-state index contributed by atoms with van der Waals surface area (Å²) in [5.41, 5.74) is 1.23. The number of aryl methyl sites for hydroxylation is 2. The van der Waals surface area contributed by atoms with Crippen molar-refractivity contribution in [2.24, 2.45) is 0 Å². The zero-order chi connectivity index (χ0) is 16.1. The Hall–Kier alpha value is -2.02. The quantitative estimate of drug-likeness (QED) is 0.556. The zero-order valence-corrected chi connectivity index (χ0v) is 15.4. The number of nitrogens with zero attached hydrogens (tertiary/aromatic N) is 5. The molecule has 0 N–H and O–H groups in total. The molecule has 7 heteroatoms. The normalized spacial score (nSPS) is 14.2. The smallest absolute Gasteiger partial charge is 0.229 e. The summed E-state index contributed by atoms with van der Waals surface area (Å²) in [7, 11) is 0. The first kappa shape index (κ1) is 18.3. The fourth-order valence-electron chi connectivity index (χ4n) is 2.67. The van der Waals surface area contributed by atoms with E-state index in [2.05, 4.69) is 38.5 Å². The van der Waals surface area contributed by atoms with Gasteiger partial charge in [-0.3, -0.25) is 4.79 Å². The van der Waals surface area contributed by atoms with Gasteiger partial charge in [0.2, 0.25) is 11.9 Å². The molecule has 2 aromatic heterocycles. The van der Waals surface area contributed by atoms with Crippen LogP contribution in [0.5, 0.6) is 0 Å². The first-order chi connectivity index (χ1) is 11.2. The average Bonchev–Trinajstić information content (AvgIpc) is 2.62. The van der Waals surface area contributed by atoms with Crippen LogP contribution in [0.2, 0.25) is 0 Å². The maximum absolute atomic E-state index is 12.3. The molecule has 0 saturated carbocycles. The molecule has 1 aliphatic heterocycles. The van der Waals surface area contributed by atoms with Crippen LogP contribution >= 0.6 is 0 Å². The van der Waals surface area contributed by atoms with Crippen LogP contribution < -0.4 is 26.4 Å². The third-order valence-electron chi connectivity index (χ3n) is 4.11. The predicted octanol–water partition coefficient (Wildman–Crippen LogP) is -2.18. The van der Waals surface area contributed by atoms with E-state index in [9.17, 15) is 4.79 Å². The van der Waals surface area contributed by atoms with Crippen LogP contribution in [0.25, 0.3) is 0 Å². The minimum atomic E-state index is 0. The first-order valence-electron chi connectivity index (χ1n) is 7.98. The molecule has 0 bridgehead atoms. The van der Waals surface area contributed by atoms with Gasteiger partial charge in [0.05, 0.1) is 6.42 Å². The highest BCUT2D eigenvalue weighted by atomic mass is 79.9. The number of hydrogen-bond acceptors (Lipinski definition) is 4. The van der Waals surface area contributed by atoms with Gasteiger partial charge in [-0.25, -0.2) is 14.5 Å². The lowest BCUT2D eigenvalue weighted by atomic mass is 10.2. The molecular weight excluding hydrogens is 370 g/mol. The van der Waals surface area contributed by atoms with E-state index in [1.807, 2.05) is 23.4 Å². The molecule has 1 saturated heterocycles. The van der Waals surface area contributed by atoms with E-state index in [0.717, 1.165) is 38.7 Å². The maximum atomic E-state index is 12.3. The van der Waals surface area contributed by atoms with Gasteiger partial charge in [0.1, 0.15) is 0 Å². The molecule has 1 aliphatic rings. The summed E-state index contributed by atoms with van der Waals surface area (Å²) in [6.07, 6.45) is 8.08. The number of aromatic nitrogens is 3. The molecule has 0 atom stereocenters. The second kappa shape index (κ2) is 8.73. The molecular formula is C17H22BrN5O. The van der Waals surface area contributed by atoms with Gasteiger partial charge in [-0.1, -0.05) is 0 Å². The number of carbonyl (C=O) groups excluding carboxylic acids is 1. The molecule has 24 heavy (non-hydrogen) atoms. The molecule has 128 valence electrons. The van der Waals surface area contributed by atoms with Crippen LogP contribution in [0.1, 0.15) is 12.0 Å². The highest BCUT2D eigenvalue weighted by molar-refractivity contribution is 5.76. The van der Waals surface area contributed by atoms with Crippen molar-refractivity contribution in [2.75, 3.05) is 31.1 Å². The molecule has 1 amide bonds. The minimum absolute atomic E-state index is 0. The van der Waals surface area contributed by atoms with Crippen molar-refractivity contribution in [3.8, 4) is 0 Å². The molecule has 2 aromatic rings. The number of piperazine rings is 1. The number of hydrogen-bond donors (Lipinski definition) is 0. The van der Waals surface area contributed by atoms with Gasteiger partial charge in [0.25, 0.3) is 0 Å². The number of pyridine rings is 1. The maximum Gasteiger partial charge on any atom is 0.229 e. The average molecular weight is 392 g/mol. The van der Waals surface area contributed by atoms with Crippen molar-refractivity contribution in [3.05, 3.63) is 48.5 Å². The first-order valence-corrected chi connectivity index (χ1v) is 7.98. The number of carbonyl (C=O) groups is 1.